The normalized spacial score (nSPS) is 9.95. The molecule has 4 heteroatoms. The van der Waals surface area contributed by atoms with Crippen LogP contribution in [0.15, 0.2) is 41.0 Å². The second-order valence-corrected chi connectivity index (χ2v) is 5.05. The Balaban J connectivity index is 2.17. The number of nitrogens with zero attached hydrogens (tertiary/aromatic N) is 2. The maximum absolute atomic E-state index is 9.01. The average molecular weight is 316 g/mol. The van der Waals surface area contributed by atoms with Crippen molar-refractivity contribution >= 4 is 21.6 Å². The highest BCUT2D eigenvalue weighted by Crippen LogP contribution is 2.22. The predicted octanol–water partition coefficient (Wildman–Crippen LogP) is 3.89. The zero-order chi connectivity index (χ0) is 13.7. The number of rotatable bonds is 4. The summed E-state index contributed by atoms with van der Waals surface area (Å²) in [6.45, 7) is 2.73. The third-order valence-corrected chi connectivity index (χ3v) is 3.41. The lowest BCUT2D eigenvalue weighted by atomic mass is 10.1. The Kier molecular flexibility index (Phi) is 4.53. The van der Waals surface area contributed by atoms with Crippen molar-refractivity contribution in [1.82, 2.24) is 4.98 Å². The van der Waals surface area contributed by atoms with Gasteiger partial charge in [-0.1, -0.05) is 28.9 Å². The fraction of sp³-hybridized carbons (Fsp3) is 0.200. The Bertz CT molecular complexity index is 617. The summed E-state index contributed by atoms with van der Waals surface area (Å²) >= 11 is 3.48. The van der Waals surface area contributed by atoms with E-state index in [1.165, 1.54) is 5.56 Å². The average Bonchev–Trinajstić information content (AvgIpc) is 2.46. The van der Waals surface area contributed by atoms with E-state index >= 15 is 0 Å². The van der Waals surface area contributed by atoms with Crippen molar-refractivity contribution in [2.24, 2.45) is 0 Å². The van der Waals surface area contributed by atoms with Gasteiger partial charge in [-0.05, 0) is 36.2 Å². The van der Waals surface area contributed by atoms with Gasteiger partial charge in [-0.15, -0.1) is 0 Å². The van der Waals surface area contributed by atoms with Crippen molar-refractivity contribution in [3.05, 3.63) is 57.8 Å². The molecule has 0 fully saturated rings. The molecule has 0 aliphatic carbocycles. The Morgan fingerprint density at radius 2 is 2.16 bits per heavy atom. The highest BCUT2D eigenvalue weighted by atomic mass is 79.9. The number of nitrogens with one attached hydrogen (secondary N) is 1. The molecule has 96 valence electrons. The van der Waals surface area contributed by atoms with E-state index in [1.54, 1.807) is 6.20 Å². The summed E-state index contributed by atoms with van der Waals surface area (Å²) < 4.78 is 1.08. The Labute approximate surface area is 121 Å². The van der Waals surface area contributed by atoms with Crippen LogP contribution < -0.4 is 5.32 Å². The predicted molar refractivity (Wildman–Crippen MR) is 79.8 cm³/mol. The van der Waals surface area contributed by atoms with E-state index in [4.69, 9.17) is 5.26 Å². The van der Waals surface area contributed by atoms with Crippen LogP contribution in [0.3, 0.4) is 0 Å². The zero-order valence-electron chi connectivity index (χ0n) is 10.7. The van der Waals surface area contributed by atoms with Crippen molar-refractivity contribution in [3.8, 4) is 6.07 Å². The Morgan fingerprint density at radius 1 is 1.32 bits per heavy atom. The van der Waals surface area contributed by atoms with Crippen LogP contribution in [0.2, 0.25) is 0 Å². The molecule has 1 aromatic carbocycles. The molecule has 1 N–H and O–H groups in total. The SMILES string of the molecule is CCc1cc(Br)ccc1NCc1cccnc1C#N. The standard InChI is InChI=1S/C15H14BrN3/c1-2-11-8-13(16)5-6-14(11)19-10-12-4-3-7-18-15(12)9-17/h3-8,19H,2,10H2,1H3. The van der Waals surface area contributed by atoms with Crippen LogP contribution in [0.4, 0.5) is 5.69 Å². The molecule has 0 bridgehead atoms. The second-order valence-electron chi connectivity index (χ2n) is 4.13. The van der Waals surface area contributed by atoms with E-state index in [9.17, 15) is 0 Å². The molecule has 1 heterocycles. The van der Waals surface area contributed by atoms with Gasteiger partial charge in [0.1, 0.15) is 11.8 Å². The fourth-order valence-corrected chi connectivity index (χ4v) is 2.31. The van der Waals surface area contributed by atoms with Gasteiger partial charge in [0.15, 0.2) is 0 Å². The van der Waals surface area contributed by atoms with E-state index in [0.717, 1.165) is 22.1 Å². The topological polar surface area (TPSA) is 48.7 Å². The summed E-state index contributed by atoms with van der Waals surface area (Å²) in [5.41, 5.74) is 3.73. The molecule has 0 radical (unpaired) electrons. The van der Waals surface area contributed by atoms with Crippen LogP contribution in [0.5, 0.6) is 0 Å². The summed E-state index contributed by atoms with van der Waals surface area (Å²) in [4.78, 5) is 4.06. The molecule has 2 rings (SSSR count). The van der Waals surface area contributed by atoms with Crippen LogP contribution in [0.25, 0.3) is 0 Å². The summed E-state index contributed by atoms with van der Waals surface area (Å²) in [5.74, 6) is 0. The second kappa shape index (κ2) is 6.35. The highest BCUT2D eigenvalue weighted by molar-refractivity contribution is 9.10. The largest absolute Gasteiger partial charge is 0.381 e. The first-order chi connectivity index (χ1) is 9.24. The minimum absolute atomic E-state index is 0.477. The molecule has 19 heavy (non-hydrogen) atoms. The summed E-state index contributed by atoms with van der Waals surface area (Å²) in [5, 5.41) is 12.4. The first-order valence-electron chi connectivity index (χ1n) is 6.11. The van der Waals surface area contributed by atoms with E-state index < -0.39 is 0 Å². The van der Waals surface area contributed by atoms with E-state index in [2.05, 4.69) is 45.3 Å². The molecule has 0 atom stereocenters. The quantitative estimate of drug-likeness (QED) is 0.931. The molecule has 3 nitrogen and oxygen atoms in total. The number of hydrogen-bond donors (Lipinski definition) is 1. The Morgan fingerprint density at radius 3 is 2.89 bits per heavy atom. The van der Waals surface area contributed by atoms with E-state index in [0.29, 0.717) is 12.2 Å². The van der Waals surface area contributed by atoms with Gasteiger partial charge >= 0.3 is 0 Å². The number of benzene rings is 1. The van der Waals surface area contributed by atoms with Gasteiger partial charge in [0.05, 0.1) is 0 Å². The summed E-state index contributed by atoms with van der Waals surface area (Å²) in [6.07, 6.45) is 2.60. The number of aromatic nitrogens is 1. The molecule has 0 saturated heterocycles. The lowest BCUT2D eigenvalue weighted by Gasteiger charge is -2.12. The minimum atomic E-state index is 0.477. The number of nitriles is 1. The molecule has 0 aliphatic rings. The number of hydrogen-bond acceptors (Lipinski definition) is 3. The van der Waals surface area contributed by atoms with Crippen molar-refractivity contribution in [1.29, 1.82) is 5.26 Å². The Hall–Kier alpha value is -1.86. The van der Waals surface area contributed by atoms with Gasteiger partial charge in [-0.3, -0.25) is 0 Å². The van der Waals surface area contributed by atoms with E-state index in [-0.39, 0.29) is 0 Å². The lowest BCUT2D eigenvalue weighted by molar-refractivity contribution is 1.06. The number of pyridine rings is 1. The van der Waals surface area contributed by atoms with Gasteiger partial charge in [0.2, 0.25) is 0 Å². The van der Waals surface area contributed by atoms with Gasteiger partial charge < -0.3 is 5.32 Å². The van der Waals surface area contributed by atoms with Crippen LogP contribution in [0, 0.1) is 11.3 Å². The van der Waals surface area contributed by atoms with E-state index in [1.807, 2.05) is 24.3 Å². The van der Waals surface area contributed by atoms with Gasteiger partial charge in [-0.25, -0.2) is 4.98 Å². The third-order valence-electron chi connectivity index (χ3n) is 2.91. The van der Waals surface area contributed by atoms with Crippen molar-refractivity contribution in [2.75, 3.05) is 5.32 Å². The molecule has 0 aliphatic heterocycles. The monoisotopic (exact) mass is 315 g/mol. The van der Waals surface area contributed by atoms with Gasteiger partial charge in [0.25, 0.3) is 0 Å². The number of halogens is 1. The van der Waals surface area contributed by atoms with Crippen molar-refractivity contribution in [2.45, 2.75) is 19.9 Å². The van der Waals surface area contributed by atoms with Gasteiger partial charge in [0, 0.05) is 28.5 Å². The first-order valence-corrected chi connectivity index (χ1v) is 6.90. The summed E-state index contributed by atoms with van der Waals surface area (Å²) in [7, 11) is 0. The fourth-order valence-electron chi connectivity index (χ4n) is 1.90. The molecular formula is C15H14BrN3. The maximum atomic E-state index is 9.01. The molecule has 0 spiro atoms. The number of aryl methyl sites for hydroxylation is 1. The van der Waals surface area contributed by atoms with Gasteiger partial charge in [-0.2, -0.15) is 5.26 Å². The molecule has 2 aromatic rings. The lowest BCUT2D eigenvalue weighted by Crippen LogP contribution is -2.04. The minimum Gasteiger partial charge on any atom is -0.381 e. The van der Waals surface area contributed by atoms with Crippen LogP contribution >= 0.6 is 15.9 Å². The van der Waals surface area contributed by atoms with Crippen molar-refractivity contribution < 1.29 is 0 Å². The van der Waals surface area contributed by atoms with Crippen LogP contribution in [-0.2, 0) is 13.0 Å². The molecule has 0 amide bonds. The smallest absolute Gasteiger partial charge is 0.145 e. The van der Waals surface area contributed by atoms with Crippen LogP contribution in [0.1, 0.15) is 23.7 Å². The molecule has 0 unspecified atom stereocenters. The molecular weight excluding hydrogens is 302 g/mol. The van der Waals surface area contributed by atoms with Crippen LogP contribution in [-0.4, -0.2) is 4.98 Å². The highest BCUT2D eigenvalue weighted by Gasteiger charge is 2.04. The van der Waals surface area contributed by atoms with Crippen molar-refractivity contribution in [3.63, 3.8) is 0 Å². The molecule has 0 saturated carbocycles. The first kappa shape index (κ1) is 13.6. The number of anilines is 1. The summed E-state index contributed by atoms with van der Waals surface area (Å²) in [6, 6.07) is 12.0. The molecule has 1 aromatic heterocycles. The maximum Gasteiger partial charge on any atom is 0.145 e. The zero-order valence-corrected chi connectivity index (χ0v) is 12.2. The third kappa shape index (κ3) is 3.33.